The smallest absolute Gasteiger partial charge is 0.142 e. The first kappa shape index (κ1) is 14.8. The molecule has 0 fully saturated rings. The molecule has 0 radical (unpaired) electrons. The molecule has 2 rings (SSSR count). The van der Waals surface area contributed by atoms with Gasteiger partial charge in [-0.05, 0) is 37.6 Å². The lowest BCUT2D eigenvalue weighted by atomic mass is 10.0. The van der Waals surface area contributed by atoms with E-state index in [4.69, 9.17) is 11.6 Å². The normalized spacial score (nSPS) is 13.8. The van der Waals surface area contributed by atoms with Gasteiger partial charge >= 0.3 is 0 Å². The van der Waals surface area contributed by atoms with Crippen LogP contribution in [0.15, 0.2) is 42.5 Å². The van der Waals surface area contributed by atoms with Crippen molar-refractivity contribution in [3.05, 3.63) is 64.4 Å². The van der Waals surface area contributed by atoms with Gasteiger partial charge in [0.2, 0.25) is 0 Å². The Bertz CT molecular complexity index is 601. The van der Waals surface area contributed by atoms with Crippen molar-refractivity contribution in [3.8, 4) is 0 Å². The molecule has 0 saturated carbocycles. The van der Waals surface area contributed by atoms with Crippen molar-refractivity contribution in [1.29, 1.82) is 0 Å². The standard InChI is InChI=1S/C16H17ClFNO/c1-10(12-7-8-14(17)15(18)9-12)19-16-6-4-3-5-13(16)11(2)20/h3-11,19-20H,1-2H3. The molecule has 2 atom stereocenters. The first-order valence-electron chi connectivity index (χ1n) is 6.47. The van der Waals surface area contributed by atoms with Crippen molar-refractivity contribution < 1.29 is 9.50 Å². The molecular formula is C16H17ClFNO. The molecule has 2 aromatic rings. The van der Waals surface area contributed by atoms with Crippen LogP contribution in [-0.4, -0.2) is 5.11 Å². The van der Waals surface area contributed by atoms with E-state index >= 15 is 0 Å². The van der Waals surface area contributed by atoms with E-state index in [0.717, 1.165) is 16.8 Å². The highest BCUT2D eigenvalue weighted by molar-refractivity contribution is 6.30. The number of benzene rings is 2. The highest BCUT2D eigenvalue weighted by Gasteiger charge is 2.12. The Morgan fingerprint density at radius 3 is 2.50 bits per heavy atom. The summed E-state index contributed by atoms with van der Waals surface area (Å²) in [5, 5.41) is 13.2. The van der Waals surface area contributed by atoms with Crippen LogP contribution in [0.3, 0.4) is 0 Å². The summed E-state index contributed by atoms with van der Waals surface area (Å²) >= 11 is 5.68. The van der Waals surface area contributed by atoms with Crippen molar-refractivity contribution in [3.63, 3.8) is 0 Å². The van der Waals surface area contributed by atoms with E-state index < -0.39 is 11.9 Å². The van der Waals surface area contributed by atoms with Gasteiger partial charge in [0.15, 0.2) is 0 Å². The first-order valence-corrected chi connectivity index (χ1v) is 6.85. The second kappa shape index (κ2) is 6.25. The molecule has 0 bridgehead atoms. The number of hydrogen-bond acceptors (Lipinski definition) is 2. The molecule has 0 amide bonds. The zero-order valence-corrected chi connectivity index (χ0v) is 12.2. The van der Waals surface area contributed by atoms with Gasteiger partial charge in [0.05, 0.1) is 11.1 Å². The van der Waals surface area contributed by atoms with Crippen LogP contribution in [0.4, 0.5) is 10.1 Å². The van der Waals surface area contributed by atoms with Crippen LogP contribution in [0.2, 0.25) is 5.02 Å². The molecule has 2 nitrogen and oxygen atoms in total. The molecule has 0 spiro atoms. The molecule has 0 saturated heterocycles. The van der Waals surface area contributed by atoms with Crippen molar-refractivity contribution in [2.75, 3.05) is 5.32 Å². The molecule has 106 valence electrons. The van der Waals surface area contributed by atoms with Crippen LogP contribution in [-0.2, 0) is 0 Å². The van der Waals surface area contributed by atoms with Crippen LogP contribution in [0.5, 0.6) is 0 Å². The SMILES string of the molecule is CC(O)c1ccccc1NC(C)c1ccc(Cl)c(F)c1. The number of rotatable bonds is 4. The molecule has 2 aromatic carbocycles. The fourth-order valence-corrected chi connectivity index (χ4v) is 2.21. The molecule has 2 unspecified atom stereocenters. The Morgan fingerprint density at radius 1 is 1.15 bits per heavy atom. The number of halogens is 2. The molecule has 4 heteroatoms. The summed E-state index contributed by atoms with van der Waals surface area (Å²) in [6.07, 6.45) is -0.562. The van der Waals surface area contributed by atoms with E-state index in [-0.39, 0.29) is 11.1 Å². The summed E-state index contributed by atoms with van der Waals surface area (Å²) in [6.45, 7) is 3.65. The fourth-order valence-electron chi connectivity index (χ4n) is 2.09. The molecule has 0 aliphatic carbocycles. The van der Waals surface area contributed by atoms with Gasteiger partial charge in [0, 0.05) is 17.3 Å². The second-order valence-corrected chi connectivity index (χ2v) is 5.21. The van der Waals surface area contributed by atoms with Gasteiger partial charge in [-0.1, -0.05) is 35.9 Å². The highest BCUT2D eigenvalue weighted by atomic mass is 35.5. The van der Waals surface area contributed by atoms with Gasteiger partial charge in [0.1, 0.15) is 5.82 Å². The summed E-state index contributed by atoms with van der Waals surface area (Å²) in [6, 6.07) is 12.2. The van der Waals surface area contributed by atoms with Gasteiger partial charge in [-0.2, -0.15) is 0 Å². The Morgan fingerprint density at radius 2 is 1.85 bits per heavy atom. The minimum absolute atomic E-state index is 0.0957. The molecular weight excluding hydrogens is 277 g/mol. The van der Waals surface area contributed by atoms with Gasteiger partial charge in [-0.3, -0.25) is 0 Å². The Kier molecular flexibility index (Phi) is 4.63. The Hall–Kier alpha value is -1.58. The summed E-state index contributed by atoms with van der Waals surface area (Å²) in [4.78, 5) is 0. The molecule has 0 heterocycles. The number of aliphatic hydroxyl groups is 1. The molecule has 0 aliphatic heterocycles. The van der Waals surface area contributed by atoms with Crippen LogP contribution < -0.4 is 5.32 Å². The number of anilines is 1. The van der Waals surface area contributed by atoms with Crippen LogP contribution in [0, 0.1) is 5.82 Å². The molecule has 0 aromatic heterocycles. The second-order valence-electron chi connectivity index (χ2n) is 4.80. The van der Waals surface area contributed by atoms with Gasteiger partial charge in [-0.15, -0.1) is 0 Å². The lowest BCUT2D eigenvalue weighted by Crippen LogP contribution is -2.09. The highest BCUT2D eigenvalue weighted by Crippen LogP contribution is 2.27. The Balaban J connectivity index is 2.23. The van der Waals surface area contributed by atoms with Crippen LogP contribution >= 0.6 is 11.6 Å². The number of para-hydroxylation sites is 1. The average Bonchev–Trinajstić information content (AvgIpc) is 2.42. The van der Waals surface area contributed by atoms with Crippen molar-refractivity contribution in [1.82, 2.24) is 0 Å². The number of nitrogens with one attached hydrogen (secondary N) is 1. The largest absolute Gasteiger partial charge is 0.389 e. The first-order chi connectivity index (χ1) is 9.49. The van der Waals surface area contributed by atoms with E-state index in [1.165, 1.54) is 6.07 Å². The Labute approximate surface area is 123 Å². The van der Waals surface area contributed by atoms with E-state index in [1.807, 2.05) is 31.2 Å². The van der Waals surface area contributed by atoms with Crippen LogP contribution in [0.25, 0.3) is 0 Å². The van der Waals surface area contributed by atoms with Crippen LogP contribution in [0.1, 0.15) is 37.1 Å². The van der Waals surface area contributed by atoms with E-state index in [0.29, 0.717) is 0 Å². The lowest BCUT2D eigenvalue weighted by molar-refractivity contribution is 0.200. The third-order valence-electron chi connectivity index (χ3n) is 3.23. The van der Waals surface area contributed by atoms with Crippen molar-refractivity contribution >= 4 is 17.3 Å². The molecule has 0 aliphatic rings. The topological polar surface area (TPSA) is 32.3 Å². The maximum Gasteiger partial charge on any atom is 0.142 e. The minimum Gasteiger partial charge on any atom is -0.389 e. The third kappa shape index (κ3) is 3.30. The average molecular weight is 294 g/mol. The lowest BCUT2D eigenvalue weighted by Gasteiger charge is -2.20. The molecule has 2 N–H and O–H groups in total. The third-order valence-corrected chi connectivity index (χ3v) is 3.53. The predicted molar refractivity (Wildman–Crippen MR) is 80.5 cm³/mol. The van der Waals surface area contributed by atoms with Gasteiger partial charge in [-0.25, -0.2) is 4.39 Å². The number of hydrogen-bond donors (Lipinski definition) is 2. The van der Waals surface area contributed by atoms with Crippen molar-refractivity contribution in [2.24, 2.45) is 0 Å². The summed E-state index contributed by atoms with van der Waals surface area (Å²) in [7, 11) is 0. The fraction of sp³-hybridized carbons (Fsp3) is 0.250. The maximum atomic E-state index is 13.5. The van der Waals surface area contributed by atoms with E-state index in [9.17, 15) is 9.50 Å². The van der Waals surface area contributed by atoms with E-state index in [1.54, 1.807) is 19.1 Å². The summed E-state index contributed by atoms with van der Waals surface area (Å²) in [5.41, 5.74) is 2.45. The summed E-state index contributed by atoms with van der Waals surface area (Å²) < 4.78 is 13.5. The van der Waals surface area contributed by atoms with Gasteiger partial charge in [0.25, 0.3) is 0 Å². The van der Waals surface area contributed by atoms with Gasteiger partial charge < -0.3 is 10.4 Å². The zero-order valence-electron chi connectivity index (χ0n) is 11.4. The minimum atomic E-state index is -0.562. The summed E-state index contributed by atoms with van der Waals surface area (Å²) in [5.74, 6) is -0.429. The quantitative estimate of drug-likeness (QED) is 0.856. The zero-order chi connectivity index (χ0) is 14.7. The van der Waals surface area contributed by atoms with Crippen molar-refractivity contribution in [2.45, 2.75) is 26.0 Å². The monoisotopic (exact) mass is 293 g/mol. The predicted octanol–water partition coefficient (Wildman–Crippen LogP) is 4.71. The maximum absolute atomic E-state index is 13.5. The molecule has 20 heavy (non-hydrogen) atoms. The number of aliphatic hydroxyl groups excluding tert-OH is 1. The van der Waals surface area contributed by atoms with E-state index in [2.05, 4.69) is 5.32 Å².